The number of carbonyl (C=O) groups excluding carboxylic acids is 1. The van der Waals surface area contributed by atoms with Gasteiger partial charge in [-0.1, -0.05) is 67.5 Å². The Balaban J connectivity index is -0.000000533. The minimum Gasteiger partial charge on any atom is -0.496 e. The molecule has 1 amide bonds. The van der Waals surface area contributed by atoms with Crippen molar-refractivity contribution in [2.24, 2.45) is 0 Å². The zero-order chi connectivity index (χ0) is 20.3. The monoisotopic (exact) mass is 355 g/mol. The van der Waals surface area contributed by atoms with Crippen LogP contribution in [-0.2, 0) is 16.0 Å². The highest BCUT2D eigenvalue weighted by atomic mass is 16.5. The number of benzene rings is 1. The highest BCUT2D eigenvalue weighted by molar-refractivity contribution is 5.78. The van der Waals surface area contributed by atoms with E-state index in [0.29, 0.717) is 6.61 Å². The summed E-state index contributed by atoms with van der Waals surface area (Å²) < 4.78 is 10.4. The van der Waals surface area contributed by atoms with E-state index in [0.717, 1.165) is 17.7 Å². The molecule has 2 rings (SSSR count). The average Bonchev–Trinajstić information content (AvgIpc) is 2.68. The van der Waals surface area contributed by atoms with Gasteiger partial charge in [0.15, 0.2) is 0 Å². The van der Waals surface area contributed by atoms with E-state index in [4.69, 9.17) is 9.47 Å². The van der Waals surface area contributed by atoms with Gasteiger partial charge in [-0.05, 0) is 30.5 Å². The summed E-state index contributed by atoms with van der Waals surface area (Å²) in [5, 5.41) is 2.92. The summed E-state index contributed by atoms with van der Waals surface area (Å²) in [7, 11) is 1.66. The summed E-state index contributed by atoms with van der Waals surface area (Å²) in [6.07, 6.45) is 0.788. The van der Waals surface area contributed by atoms with E-state index in [-0.39, 0.29) is 18.6 Å². The summed E-state index contributed by atoms with van der Waals surface area (Å²) >= 11 is 0. The Morgan fingerprint density at radius 2 is 1.64 bits per heavy atom. The normalized spacial score (nSPS) is 14.5. The Bertz CT molecular complexity index is 420. The first-order valence-corrected chi connectivity index (χ1v) is 9.69. The predicted octanol–water partition coefficient (Wildman–Crippen LogP) is 5.17. The van der Waals surface area contributed by atoms with Crippen LogP contribution in [0.1, 0.15) is 66.5 Å². The second kappa shape index (κ2) is 20.5. The molecule has 25 heavy (non-hydrogen) atoms. The fourth-order valence-corrected chi connectivity index (χ4v) is 2.07. The van der Waals surface area contributed by atoms with Gasteiger partial charge in [0.05, 0.1) is 19.8 Å². The van der Waals surface area contributed by atoms with E-state index in [1.165, 1.54) is 5.56 Å². The molecule has 0 aromatic heterocycles. The van der Waals surface area contributed by atoms with Crippen LogP contribution in [0, 0.1) is 6.92 Å². The van der Waals surface area contributed by atoms with E-state index < -0.39 is 0 Å². The molecular weight excluding hydrogens is 314 g/mol. The second-order valence-electron chi connectivity index (χ2n) is 4.29. The summed E-state index contributed by atoms with van der Waals surface area (Å²) in [6.45, 7) is 18.8. The molecular formula is C21H41NO3. The lowest BCUT2D eigenvalue weighted by molar-refractivity contribution is -0.131. The smallest absolute Gasteiger partial charge is 0.246 e. The first kappa shape index (κ1) is 28.3. The highest BCUT2D eigenvalue weighted by Crippen LogP contribution is 2.19. The Morgan fingerprint density at radius 3 is 2.08 bits per heavy atom. The molecule has 0 radical (unpaired) electrons. The number of aryl methyl sites for hydroxylation is 1. The molecule has 1 heterocycles. The van der Waals surface area contributed by atoms with Gasteiger partial charge in [0.25, 0.3) is 0 Å². The standard InChI is InChI=1S/C13H17NO3.4C2H6/c1-9-5-10(3-4-12(9)16-2)6-11-7-17-8-13(15)14-11;4*1-2/h3-5,11H,6-8H2,1-2H3,(H,14,15);4*1-2H3. The first-order chi connectivity index (χ1) is 12.2. The van der Waals surface area contributed by atoms with E-state index in [9.17, 15) is 4.79 Å². The van der Waals surface area contributed by atoms with Crippen molar-refractivity contribution in [2.75, 3.05) is 20.3 Å². The van der Waals surface area contributed by atoms with Crippen molar-refractivity contribution in [2.45, 2.75) is 74.8 Å². The van der Waals surface area contributed by atoms with Crippen LogP contribution >= 0.6 is 0 Å². The molecule has 4 nitrogen and oxygen atoms in total. The zero-order valence-electron chi connectivity index (χ0n) is 18.2. The molecule has 148 valence electrons. The molecule has 1 saturated heterocycles. The van der Waals surface area contributed by atoms with E-state index in [2.05, 4.69) is 11.4 Å². The number of nitrogens with one attached hydrogen (secondary N) is 1. The summed E-state index contributed by atoms with van der Waals surface area (Å²) in [4.78, 5) is 11.2. The molecule has 0 saturated carbocycles. The molecule has 4 heteroatoms. The molecule has 1 unspecified atom stereocenters. The maximum Gasteiger partial charge on any atom is 0.246 e. The molecule has 1 aliphatic rings. The molecule has 1 aromatic carbocycles. The van der Waals surface area contributed by atoms with E-state index >= 15 is 0 Å². The Hall–Kier alpha value is -1.55. The maximum absolute atomic E-state index is 11.2. The number of ether oxygens (including phenoxy) is 2. The van der Waals surface area contributed by atoms with Crippen LogP contribution in [0.25, 0.3) is 0 Å². The zero-order valence-corrected chi connectivity index (χ0v) is 18.2. The third-order valence-electron chi connectivity index (χ3n) is 2.86. The van der Waals surface area contributed by atoms with Crippen molar-refractivity contribution >= 4 is 5.91 Å². The second-order valence-corrected chi connectivity index (χ2v) is 4.29. The Morgan fingerprint density at radius 1 is 1.08 bits per heavy atom. The average molecular weight is 356 g/mol. The number of morpholine rings is 1. The lowest BCUT2D eigenvalue weighted by Crippen LogP contribution is -2.46. The van der Waals surface area contributed by atoms with Crippen LogP contribution in [-0.4, -0.2) is 32.3 Å². The first-order valence-electron chi connectivity index (χ1n) is 9.69. The lowest BCUT2D eigenvalue weighted by atomic mass is 10.0. The van der Waals surface area contributed by atoms with Crippen LogP contribution in [0.2, 0.25) is 0 Å². The van der Waals surface area contributed by atoms with Crippen LogP contribution in [0.4, 0.5) is 0 Å². The SMILES string of the molecule is CC.CC.CC.CC.COc1ccc(CC2COCC(=O)N2)cc1C. The van der Waals surface area contributed by atoms with Crippen molar-refractivity contribution in [1.82, 2.24) is 5.32 Å². The maximum atomic E-state index is 11.2. The van der Waals surface area contributed by atoms with Crippen LogP contribution < -0.4 is 10.1 Å². The van der Waals surface area contributed by atoms with Crippen LogP contribution in [0.15, 0.2) is 18.2 Å². The van der Waals surface area contributed by atoms with Crippen molar-refractivity contribution < 1.29 is 14.3 Å². The van der Waals surface area contributed by atoms with Gasteiger partial charge in [-0.15, -0.1) is 0 Å². The molecule has 1 aliphatic heterocycles. The van der Waals surface area contributed by atoms with E-state index in [1.807, 2.05) is 74.4 Å². The lowest BCUT2D eigenvalue weighted by Gasteiger charge is -2.23. The highest BCUT2D eigenvalue weighted by Gasteiger charge is 2.18. The quantitative estimate of drug-likeness (QED) is 0.814. The fourth-order valence-electron chi connectivity index (χ4n) is 2.07. The third kappa shape index (κ3) is 12.5. The predicted molar refractivity (Wildman–Crippen MR) is 110 cm³/mol. The van der Waals surface area contributed by atoms with Crippen LogP contribution in [0.3, 0.4) is 0 Å². The summed E-state index contributed by atoms with van der Waals surface area (Å²) in [6, 6.07) is 6.13. The molecule has 1 atom stereocenters. The molecule has 1 aromatic rings. The third-order valence-corrected chi connectivity index (χ3v) is 2.86. The van der Waals surface area contributed by atoms with E-state index in [1.54, 1.807) is 7.11 Å². The molecule has 0 bridgehead atoms. The van der Waals surface area contributed by atoms with Crippen molar-refractivity contribution in [3.63, 3.8) is 0 Å². The minimum absolute atomic E-state index is 0.0357. The van der Waals surface area contributed by atoms with Gasteiger partial charge in [0.1, 0.15) is 12.4 Å². The number of rotatable bonds is 3. The minimum atomic E-state index is -0.0357. The Kier molecular flexibility index (Phi) is 23.2. The molecule has 0 aliphatic carbocycles. The molecule has 0 spiro atoms. The van der Waals surface area contributed by atoms with Crippen LogP contribution in [0.5, 0.6) is 5.75 Å². The number of carbonyl (C=O) groups is 1. The number of methoxy groups -OCH3 is 1. The van der Waals surface area contributed by atoms with Gasteiger partial charge in [-0.25, -0.2) is 0 Å². The van der Waals surface area contributed by atoms with Gasteiger partial charge in [-0.3, -0.25) is 4.79 Å². The number of hydrogen-bond acceptors (Lipinski definition) is 3. The van der Waals surface area contributed by atoms with Crippen molar-refractivity contribution in [3.8, 4) is 5.75 Å². The fraction of sp³-hybridized carbons (Fsp3) is 0.667. The van der Waals surface area contributed by atoms with Crippen molar-refractivity contribution in [3.05, 3.63) is 29.3 Å². The Labute approximate surface area is 156 Å². The summed E-state index contributed by atoms with van der Waals surface area (Å²) in [5.41, 5.74) is 2.28. The van der Waals surface area contributed by atoms with Gasteiger partial charge in [-0.2, -0.15) is 0 Å². The van der Waals surface area contributed by atoms with Gasteiger partial charge in [0, 0.05) is 0 Å². The van der Waals surface area contributed by atoms with Gasteiger partial charge >= 0.3 is 0 Å². The van der Waals surface area contributed by atoms with Gasteiger partial charge < -0.3 is 14.8 Å². The van der Waals surface area contributed by atoms with Crippen molar-refractivity contribution in [1.29, 1.82) is 0 Å². The molecule has 1 N–H and O–H groups in total. The number of hydrogen-bond donors (Lipinski definition) is 1. The van der Waals surface area contributed by atoms with Gasteiger partial charge in [0.2, 0.25) is 5.91 Å². The summed E-state index contributed by atoms with van der Waals surface area (Å²) in [5.74, 6) is 0.851. The molecule has 1 fully saturated rings. The largest absolute Gasteiger partial charge is 0.496 e. The topological polar surface area (TPSA) is 47.6 Å². The number of amides is 1.